The molecular formula is C72H99BrF3N11O27. The third-order valence-electron chi connectivity index (χ3n) is 12.4. The maximum absolute atomic E-state index is 13.3. The molecule has 5 rings (SSSR count). The highest BCUT2D eigenvalue weighted by Crippen LogP contribution is 2.29. The number of hydrogen-bond acceptors (Lipinski definition) is 28. The minimum Gasteiger partial charge on any atom is -0.489 e. The van der Waals surface area contributed by atoms with Gasteiger partial charge in [0.2, 0.25) is 5.88 Å². The molecule has 20 N–H and O–H groups in total. The number of ether oxygens (including phenoxy) is 11. The fourth-order valence-corrected chi connectivity index (χ4v) is 7.92. The number of benzene rings is 4. The molecular weight excluding hydrogens is 1590 g/mol. The molecule has 4 aromatic carbocycles. The number of halogens is 4. The van der Waals surface area contributed by atoms with Crippen LogP contribution in [0.2, 0.25) is 0 Å². The second-order valence-corrected chi connectivity index (χ2v) is 29.4. The number of rotatable bonds is 26. The van der Waals surface area contributed by atoms with Crippen LogP contribution in [0, 0.1) is 24.4 Å². The Kier molecular flexibility index (Phi) is 39.4. The summed E-state index contributed by atoms with van der Waals surface area (Å²) >= 11 is 3.26. The van der Waals surface area contributed by atoms with Gasteiger partial charge in [-0.3, -0.25) is 0 Å². The first-order valence-electron chi connectivity index (χ1n) is 33.6. The van der Waals surface area contributed by atoms with Crippen molar-refractivity contribution in [1.82, 2.24) is 31.6 Å². The quantitative estimate of drug-likeness (QED) is 0.0140. The molecule has 42 heteroatoms. The Morgan fingerprint density at radius 3 is 1.01 bits per heavy atom. The molecule has 1 heterocycles. The number of aromatic nitrogens is 1. The molecule has 0 aliphatic rings. The maximum atomic E-state index is 13.3. The third kappa shape index (κ3) is 42.0. The van der Waals surface area contributed by atoms with Gasteiger partial charge in [0, 0.05) is 28.4 Å². The molecule has 0 saturated heterocycles. The van der Waals surface area contributed by atoms with E-state index in [2.05, 4.69) is 52.2 Å². The fourth-order valence-electron chi connectivity index (χ4n) is 7.54. The standard InChI is InChI=1S/C16H22N2O7.C14H19BrN2O5.C14H18F2N2O5.C14H19FN2O5.C14H21N3O5/c1-16(2,3)25-15(22)18-11(13(19)20)8-24-12-6-5-9(7-10(12)17)14(21)23-4;1-14(2,3)22-13(20)17-10(12(18)19)7-21-11-5-4-8(15)6-9(11)16;1-14(2,3)23-13(21)18-9(12(19)20)6-22-10-5-7(15)4-8(16)11(10)17;1-14(2,3)22-13(20)17-10(12(18)19)7-21-11-5-4-8(15)6-9(11)16;1-8-5-6-9(15)11(16-8)21-7-10(12(18)19)17-13(20)22-14(2,3)4/h5-7,11H,8,17H2,1-4H3,(H,18,22)(H,19,20);4-6,10H,7,16H2,1-3H3,(H,17,20)(H,18,19);4-5,9H,6,17H2,1-3H3,(H,18,21)(H,19,20);4-6,10H,7,16H2,1-3H3,(H,17,20)(H,18,19);5-6,10H,7,15H2,1-4H3,(H,17,20)(H,18,19)/t11-;10-;9-;2*10-/m00000/s1. The summed E-state index contributed by atoms with van der Waals surface area (Å²) in [5.41, 5.74) is 25.6. The van der Waals surface area contributed by atoms with Crippen LogP contribution in [0.3, 0.4) is 0 Å². The number of nitrogens with zero attached hydrogens (tertiary/aromatic N) is 1. The number of pyridine rings is 1. The average Bonchev–Trinajstić information content (AvgIpc) is 0.849. The van der Waals surface area contributed by atoms with E-state index < -0.39 is 154 Å². The van der Waals surface area contributed by atoms with Gasteiger partial charge in [-0.25, -0.2) is 70.9 Å². The molecule has 114 heavy (non-hydrogen) atoms. The third-order valence-corrected chi connectivity index (χ3v) is 12.9. The van der Waals surface area contributed by atoms with Crippen molar-refractivity contribution in [2.24, 2.45) is 0 Å². The van der Waals surface area contributed by atoms with Crippen molar-refractivity contribution in [3.63, 3.8) is 0 Å². The van der Waals surface area contributed by atoms with E-state index in [9.17, 15) is 71.0 Å². The number of esters is 1. The van der Waals surface area contributed by atoms with Gasteiger partial charge in [-0.05, 0) is 171 Å². The number of nitrogens with two attached hydrogens (primary N) is 5. The lowest BCUT2D eigenvalue weighted by Crippen LogP contribution is -2.46. The zero-order valence-electron chi connectivity index (χ0n) is 65.5. The van der Waals surface area contributed by atoms with Gasteiger partial charge in [0.15, 0.2) is 36.0 Å². The minimum atomic E-state index is -1.49. The van der Waals surface area contributed by atoms with Crippen LogP contribution >= 0.6 is 15.9 Å². The normalized spacial score (nSPS) is 12.3. The van der Waals surface area contributed by atoms with E-state index in [1.54, 1.807) is 141 Å². The molecule has 5 atom stereocenters. The van der Waals surface area contributed by atoms with Crippen LogP contribution in [-0.2, 0) is 52.4 Å². The summed E-state index contributed by atoms with van der Waals surface area (Å²) in [7, 11) is 1.24. The summed E-state index contributed by atoms with van der Waals surface area (Å²) in [5.74, 6) is -9.17. The first-order valence-corrected chi connectivity index (χ1v) is 34.4. The highest BCUT2D eigenvalue weighted by Gasteiger charge is 2.31. The lowest BCUT2D eigenvalue weighted by molar-refractivity contribution is -0.141. The number of carbonyl (C=O) groups is 11. The molecule has 0 radical (unpaired) electrons. The Bertz CT molecular complexity index is 4030. The van der Waals surface area contributed by atoms with Crippen LogP contribution in [-0.4, -0.2) is 195 Å². The van der Waals surface area contributed by atoms with E-state index in [1.807, 2.05) is 0 Å². The van der Waals surface area contributed by atoms with Crippen molar-refractivity contribution in [2.45, 2.75) is 169 Å². The van der Waals surface area contributed by atoms with Crippen LogP contribution in [0.5, 0.6) is 28.9 Å². The Balaban J connectivity index is 0.000000713. The number of methoxy groups -OCH3 is 1. The predicted molar refractivity (Wildman–Crippen MR) is 407 cm³/mol. The Morgan fingerprint density at radius 1 is 0.395 bits per heavy atom. The second-order valence-electron chi connectivity index (χ2n) is 28.5. The van der Waals surface area contributed by atoms with Gasteiger partial charge in [0.05, 0.1) is 35.4 Å². The number of hydrogen-bond donors (Lipinski definition) is 15. The second kappa shape index (κ2) is 45.1. The van der Waals surface area contributed by atoms with Crippen LogP contribution in [0.4, 0.5) is 65.6 Å². The molecule has 0 spiro atoms. The number of anilines is 5. The summed E-state index contributed by atoms with van der Waals surface area (Å²) in [6, 6.07) is 10.6. The molecule has 0 aliphatic heterocycles. The first-order chi connectivity index (χ1) is 52.3. The highest BCUT2D eigenvalue weighted by atomic mass is 79.9. The van der Waals surface area contributed by atoms with E-state index in [-0.39, 0.29) is 72.2 Å². The lowest BCUT2D eigenvalue weighted by atomic mass is 10.2. The van der Waals surface area contributed by atoms with E-state index in [0.717, 1.165) is 22.7 Å². The van der Waals surface area contributed by atoms with Gasteiger partial charge < -0.3 is 133 Å². The van der Waals surface area contributed by atoms with Crippen molar-refractivity contribution >= 4 is 111 Å². The highest BCUT2D eigenvalue weighted by molar-refractivity contribution is 9.10. The summed E-state index contributed by atoms with van der Waals surface area (Å²) < 4.78 is 95.7. The van der Waals surface area contributed by atoms with Crippen molar-refractivity contribution in [1.29, 1.82) is 0 Å². The lowest BCUT2D eigenvalue weighted by Gasteiger charge is -2.22. The largest absolute Gasteiger partial charge is 0.489 e. The molecule has 5 amide bonds. The van der Waals surface area contributed by atoms with Crippen molar-refractivity contribution in [2.75, 3.05) is 68.8 Å². The van der Waals surface area contributed by atoms with Gasteiger partial charge in [-0.15, -0.1) is 0 Å². The maximum Gasteiger partial charge on any atom is 0.408 e. The topological polar surface area (TPSA) is 594 Å². The molecule has 38 nitrogen and oxygen atoms in total. The molecule has 0 unspecified atom stereocenters. The summed E-state index contributed by atoms with van der Waals surface area (Å²) in [4.78, 5) is 129. The fraction of sp³-hybridized carbons (Fsp3) is 0.444. The van der Waals surface area contributed by atoms with Gasteiger partial charge in [-0.2, -0.15) is 0 Å². The van der Waals surface area contributed by atoms with Crippen LogP contribution in [0.15, 0.2) is 83.3 Å². The van der Waals surface area contributed by atoms with Crippen LogP contribution in [0.25, 0.3) is 0 Å². The molecule has 0 saturated carbocycles. The van der Waals surface area contributed by atoms with E-state index >= 15 is 0 Å². The van der Waals surface area contributed by atoms with E-state index in [1.165, 1.54) is 31.4 Å². The number of carboxylic acids is 5. The van der Waals surface area contributed by atoms with Gasteiger partial charge in [0.25, 0.3) is 0 Å². The number of nitrogens with one attached hydrogen (secondary N) is 5. The molecule has 632 valence electrons. The molecule has 0 bridgehead atoms. The minimum absolute atomic E-state index is 0.0291. The number of carboxylic acid groups (broad SMARTS) is 5. The predicted octanol–water partition coefficient (Wildman–Crippen LogP) is 8.80. The monoisotopic (exact) mass is 1690 g/mol. The Morgan fingerprint density at radius 2 is 0.702 bits per heavy atom. The zero-order valence-corrected chi connectivity index (χ0v) is 67.1. The molecule has 5 aromatic rings. The zero-order chi connectivity index (χ0) is 87.7. The van der Waals surface area contributed by atoms with Crippen LogP contribution in [0.1, 0.15) is 120 Å². The number of nitrogen functional groups attached to an aromatic ring is 5. The van der Waals surface area contributed by atoms with E-state index in [0.29, 0.717) is 23.2 Å². The summed E-state index contributed by atoms with van der Waals surface area (Å²) in [5, 5.41) is 56.4. The molecule has 0 aliphatic carbocycles. The molecule has 1 aromatic heterocycles. The van der Waals surface area contributed by atoms with Gasteiger partial charge >= 0.3 is 66.3 Å². The summed E-state index contributed by atoms with van der Waals surface area (Å²) in [6.45, 7) is 24.6. The smallest absolute Gasteiger partial charge is 0.408 e. The number of aryl methyl sites for hydroxylation is 1. The summed E-state index contributed by atoms with van der Waals surface area (Å²) in [6.07, 6.45) is -4.39. The number of alkyl carbamates (subject to hydrolysis) is 5. The SMILES string of the molecule is CC(C)(C)OC(=O)N[C@@H](COc1cc(F)cc(F)c1N)C(=O)O.CC(C)(C)OC(=O)N[C@@H](COc1ccc(Br)cc1N)C(=O)O.CC(C)(C)OC(=O)N[C@@H](COc1ccc(F)cc1N)C(=O)O.COC(=O)c1ccc(OC[C@H](NC(=O)OC(C)(C)C)C(=O)O)c(N)c1.Cc1ccc(N)c(OC[C@H](NC(=O)OC(C)(C)C)C(=O)O)n1. The van der Waals surface area contributed by atoms with Gasteiger partial charge in [-0.1, -0.05) is 15.9 Å². The average molecular weight is 1690 g/mol. The van der Waals surface area contributed by atoms with Crippen molar-refractivity contribution < 1.29 is 144 Å². The first kappa shape index (κ1) is 99.5. The number of aliphatic carboxylic acids is 5. The number of carbonyl (C=O) groups excluding carboxylic acids is 6. The van der Waals surface area contributed by atoms with Crippen LogP contribution < -0.4 is 78.9 Å². The molecule has 0 fully saturated rings. The Hall–Kier alpha value is -12.5. The Labute approximate surface area is 661 Å². The van der Waals surface area contributed by atoms with Crippen molar-refractivity contribution in [3.8, 4) is 28.9 Å². The number of amides is 5. The van der Waals surface area contributed by atoms with Gasteiger partial charge in [0.1, 0.15) is 101 Å². The van der Waals surface area contributed by atoms with Crippen molar-refractivity contribution in [3.05, 3.63) is 112 Å². The van der Waals surface area contributed by atoms with E-state index in [4.69, 9.17) is 96.5 Å².